The zero-order valence-corrected chi connectivity index (χ0v) is 26.5. The average molecular weight is 632 g/mol. The van der Waals surface area contributed by atoms with E-state index in [0.717, 1.165) is 17.7 Å². The van der Waals surface area contributed by atoms with Gasteiger partial charge in [-0.1, -0.05) is 84.0 Å². The van der Waals surface area contributed by atoms with Gasteiger partial charge in [0.1, 0.15) is 12.4 Å². The first-order valence-corrected chi connectivity index (χ1v) is 17.5. The highest BCUT2D eigenvalue weighted by Crippen LogP contribution is 2.46. The van der Waals surface area contributed by atoms with Gasteiger partial charge in [0.15, 0.2) is 0 Å². The average Bonchev–Trinajstić information content (AvgIpc) is 2.90. The number of benzene rings is 2. The van der Waals surface area contributed by atoms with E-state index in [-0.39, 0.29) is 36.3 Å². The third-order valence-electron chi connectivity index (χ3n) is 7.90. The molecule has 1 fully saturated rings. The number of aliphatic hydroxyl groups is 1. The smallest absolute Gasteiger partial charge is 0.445 e. The van der Waals surface area contributed by atoms with Crippen molar-refractivity contribution in [2.24, 2.45) is 0 Å². The van der Waals surface area contributed by atoms with Crippen molar-refractivity contribution in [1.29, 1.82) is 0 Å². The number of piperidine rings is 1. The molecule has 1 N–H and O–H groups in total. The van der Waals surface area contributed by atoms with Crippen molar-refractivity contribution in [3.8, 4) is 5.75 Å². The molecule has 0 radical (unpaired) electrons. The van der Waals surface area contributed by atoms with Crippen molar-refractivity contribution in [3.05, 3.63) is 65.7 Å². The molecule has 42 heavy (non-hydrogen) atoms. The summed E-state index contributed by atoms with van der Waals surface area (Å²) >= 11 is 0. The monoisotopic (exact) mass is 631 g/mol. The predicted molar refractivity (Wildman–Crippen MR) is 155 cm³/mol. The molecule has 0 saturated carbocycles. The molecule has 0 aromatic heterocycles. The third-order valence-corrected chi connectivity index (χ3v) is 15.0. The topological polar surface area (TPSA) is 102 Å². The maximum absolute atomic E-state index is 13.1. The number of hydrogen-bond acceptors (Lipinski definition) is 7. The van der Waals surface area contributed by atoms with Crippen LogP contribution < -0.4 is 4.18 Å². The number of nitrogens with zero attached hydrogens (tertiary/aromatic N) is 1. The van der Waals surface area contributed by atoms with Gasteiger partial charge in [-0.25, -0.2) is 4.79 Å². The second-order valence-corrected chi connectivity index (χ2v) is 18.5. The Balaban J connectivity index is 1.93. The first-order valence-electron chi connectivity index (χ1n) is 13.9. The lowest BCUT2D eigenvalue weighted by molar-refractivity contribution is -0.0500. The van der Waals surface area contributed by atoms with E-state index < -0.39 is 53.9 Å². The Morgan fingerprint density at radius 3 is 2.00 bits per heavy atom. The molecule has 1 aliphatic rings. The second kappa shape index (κ2) is 13.4. The van der Waals surface area contributed by atoms with E-state index in [0.29, 0.717) is 5.56 Å². The van der Waals surface area contributed by atoms with Crippen molar-refractivity contribution in [2.45, 2.75) is 88.4 Å². The Hall–Kier alpha value is -2.61. The number of carbonyl (C=O) groups is 1. The summed E-state index contributed by atoms with van der Waals surface area (Å²) in [4.78, 5) is 14.5. The number of ether oxygens (including phenoxy) is 1. The van der Waals surface area contributed by atoms with Gasteiger partial charge in [0.2, 0.25) is 8.32 Å². The molecule has 0 spiro atoms. The summed E-state index contributed by atoms with van der Waals surface area (Å²) in [6.07, 6.45) is -2.36. The van der Waals surface area contributed by atoms with Crippen LogP contribution in [0.15, 0.2) is 54.6 Å². The summed E-state index contributed by atoms with van der Waals surface area (Å²) in [5, 5.41) is 11.4. The summed E-state index contributed by atoms with van der Waals surface area (Å²) in [5.41, 5.74) is -3.66. The van der Waals surface area contributed by atoms with E-state index in [1.807, 2.05) is 30.3 Å². The van der Waals surface area contributed by atoms with E-state index in [2.05, 4.69) is 45.7 Å². The molecule has 2 aromatic rings. The molecular formula is C29H40F3NO7SSi. The molecule has 1 aliphatic heterocycles. The molecule has 234 valence electrons. The molecule has 2 aromatic carbocycles. The van der Waals surface area contributed by atoms with Crippen molar-refractivity contribution < 1.29 is 44.8 Å². The highest BCUT2D eigenvalue weighted by molar-refractivity contribution is 7.88. The Morgan fingerprint density at radius 2 is 1.50 bits per heavy atom. The third kappa shape index (κ3) is 7.47. The molecule has 1 amide bonds. The van der Waals surface area contributed by atoms with Crippen molar-refractivity contribution in [3.63, 3.8) is 0 Å². The van der Waals surface area contributed by atoms with Gasteiger partial charge < -0.3 is 23.4 Å². The van der Waals surface area contributed by atoms with Crippen LogP contribution in [0.3, 0.4) is 0 Å². The lowest BCUT2D eigenvalue weighted by Crippen LogP contribution is -2.59. The predicted octanol–water partition coefficient (Wildman–Crippen LogP) is 6.57. The lowest BCUT2D eigenvalue weighted by Gasteiger charge is -2.49. The van der Waals surface area contributed by atoms with E-state index in [1.54, 1.807) is 0 Å². The Kier molecular flexibility index (Phi) is 10.8. The van der Waals surface area contributed by atoms with Crippen molar-refractivity contribution in [2.75, 3.05) is 13.1 Å². The van der Waals surface area contributed by atoms with Crippen LogP contribution in [0.1, 0.15) is 58.6 Å². The van der Waals surface area contributed by atoms with Gasteiger partial charge in [-0.3, -0.25) is 0 Å². The van der Waals surface area contributed by atoms with Gasteiger partial charge in [-0.15, -0.1) is 0 Å². The zero-order chi connectivity index (χ0) is 31.5. The van der Waals surface area contributed by atoms with Gasteiger partial charge >= 0.3 is 21.7 Å². The Morgan fingerprint density at radius 1 is 0.952 bits per heavy atom. The summed E-state index contributed by atoms with van der Waals surface area (Å²) in [7, 11) is -8.37. The van der Waals surface area contributed by atoms with Crippen molar-refractivity contribution in [1.82, 2.24) is 4.90 Å². The second-order valence-electron chi connectivity index (χ2n) is 11.6. The van der Waals surface area contributed by atoms with Gasteiger partial charge in [-0.05, 0) is 39.9 Å². The fourth-order valence-electron chi connectivity index (χ4n) is 6.09. The number of rotatable bonds is 10. The quantitative estimate of drug-likeness (QED) is 0.180. The van der Waals surface area contributed by atoms with E-state index >= 15 is 0 Å². The van der Waals surface area contributed by atoms with Crippen molar-refractivity contribution >= 4 is 24.5 Å². The van der Waals surface area contributed by atoms with Crippen LogP contribution in [0.25, 0.3) is 0 Å². The number of alkyl halides is 3. The number of hydrogen-bond donors (Lipinski definition) is 1. The van der Waals surface area contributed by atoms with Gasteiger partial charge in [0.05, 0.1) is 18.8 Å². The minimum Gasteiger partial charge on any atom is -0.445 e. The molecule has 8 nitrogen and oxygen atoms in total. The van der Waals surface area contributed by atoms with Crippen LogP contribution in [0.5, 0.6) is 5.75 Å². The van der Waals surface area contributed by atoms with Crippen LogP contribution in [0.4, 0.5) is 18.0 Å². The van der Waals surface area contributed by atoms with E-state index in [9.17, 15) is 31.5 Å². The van der Waals surface area contributed by atoms with Gasteiger partial charge in [0.25, 0.3) is 0 Å². The molecule has 1 saturated heterocycles. The molecule has 3 rings (SSSR count). The summed E-state index contributed by atoms with van der Waals surface area (Å²) in [6.45, 7) is 12.8. The largest absolute Gasteiger partial charge is 0.534 e. The number of β-amino-alcohol motifs (C(OH)–C–C–N with tert-alkyl or cyclic N) is 1. The zero-order valence-electron chi connectivity index (χ0n) is 24.7. The minimum absolute atomic E-state index is 0.0571. The highest BCUT2D eigenvalue weighted by Gasteiger charge is 2.51. The van der Waals surface area contributed by atoms with Gasteiger partial charge in [-0.2, -0.15) is 21.6 Å². The fourth-order valence-corrected chi connectivity index (χ4v) is 12.1. The van der Waals surface area contributed by atoms with Crippen LogP contribution >= 0.6 is 0 Å². The van der Waals surface area contributed by atoms with Crippen LogP contribution in [-0.2, 0) is 25.9 Å². The Bertz CT molecular complexity index is 1270. The minimum atomic E-state index is -5.83. The summed E-state index contributed by atoms with van der Waals surface area (Å²) in [6, 6.07) is 14.3. The number of amides is 1. The summed E-state index contributed by atoms with van der Waals surface area (Å²) < 4.78 is 78.1. The number of carbonyl (C=O) groups excluding carboxylic acids is 1. The maximum atomic E-state index is 13.1. The number of likely N-dealkylation sites (tertiary alicyclic amines) is 1. The normalized spacial score (nSPS) is 20.3. The molecule has 3 unspecified atom stereocenters. The molecule has 0 bridgehead atoms. The molecule has 13 heteroatoms. The van der Waals surface area contributed by atoms with E-state index in [4.69, 9.17) is 9.16 Å². The molecule has 3 atom stereocenters. The highest BCUT2D eigenvalue weighted by atomic mass is 32.2. The Labute approximate surface area is 247 Å². The summed E-state index contributed by atoms with van der Waals surface area (Å²) in [5.74, 6) is -1.17. The van der Waals surface area contributed by atoms with Crippen LogP contribution in [0.2, 0.25) is 16.6 Å². The maximum Gasteiger partial charge on any atom is 0.534 e. The number of halogens is 3. The SMILES string of the molecule is CC(C)[Si](OC1CN(C(=O)OCc2ccccc2)CC(O)C1c1ccc(OS(=O)(=O)C(F)(F)F)cc1)(C(C)C)C(C)C. The van der Waals surface area contributed by atoms with Crippen LogP contribution in [0, 0.1) is 0 Å². The molecular weight excluding hydrogens is 591 g/mol. The number of aliphatic hydroxyl groups excluding tert-OH is 1. The lowest BCUT2D eigenvalue weighted by atomic mass is 9.85. The molecule has 1 heterocycles. The first-order chi connectivity index (χ1) is 19.5. The van der Waals surface area contributed by atoms with Crippen LogP contribution in [-0.4, -0.2) is 63.6 Å². The standard InChI is InChI=1S/C29H40F3NO7SSi/c1-19(2)42(20(3)4,21(5)6)40-26-17-33(28(35)38-18-22-10-8-7-9-11-22)16-25(34)27(26)23-12-14-24(15-13-23)39-41(36,37)29(30,31)32/h7-15,19-21,25-27,34H,16-18H2,1-6H3. The fraction of sp³-hybridized carbons (Fsp3) is 0.552. The molecule has 0 aliphatic carbocycles. The first kappa shape index (κ1) is 33.9. The van der Waals surface area contributed by atoms with E-state index in [1.165, 1.54) is 17.0 Å². The van der Waals surface area contributed by atoms with Gasteiger partial charge in [0, 0.05) is 12.5 Å².